The minimum Gasteiger partial charge on any atom is -0.461 e. The summed E-state index contributed by atoms with van der Waals surface area (Å²) in [5, 5.41) is 16.7. The van der Waals surface area contributed by atoms with Crippen LogP contribution >= 0.6 is 0 Å². The summed E-state index contributed by atoms with van der Waals surface area (Å²) < 4.78 is 1.58. The van der Waals surface area contributed by atoms with Gasteiger partial charge in [-0.15, -0.1) is 5.97 Å². The maximum atomic E-state index is 8.42. The molecule has 0 atom stereocenters. The standard InChI is InChI=1S/C7H4BN3/c9-5-7-1-3-11(4-2-7)8-6-10/h1-4H. The van der Waals surface area contributed by atoms with Crippen molar-refractivity contribution in [3.63, 3.8) is 0 Å². The van der Waals surface area contributed by atoms with Crippen LogP contribution in [-0.4, -0.2) is 7.41 Å². The molecule has 50 valence electrons. The SMILES string of the molecule is N#C[B-][n+]1ccc(C#N)cc1. The number of rotatable bonds is 1. The summed E-state index contributed by atoms with van der Waals surface area (Å²) in [5.41, 5.74) is 0.590. The van der Waals surface area contributed by atoms with E-state index in [9.17, 15) is 0 Å². The molecule has 0 bridgehead atoms. The van der Waals surface area contributed by atoms with E-state index in [4.69, 9.17) is 10.5 Å². The molecule has 1 heterocycles. The van der Waals surface area contributed by atoms with E-state index < -0.39 is 0 Å². The van der Waals surface area contributed by atoms with Crippen molar-refractivity contribution in [1.29, 1.82) is 10.5 Å². The van der Waals surface area contributed by atoms with Crippen molar-refractivity contribution in [2.45, 2.75) is 0 Å². The van der Waals surface area contributed by atoms with Crippen LogP contribution in [-0.2, 0) is 0 Å². The van der Waals surface area contributed by atoms with Gasteiger partial charge in [0, 0.05) is 12.1 Å². The molecule has 11 heavy (non-hydrogen) atoms. The normalized spacial score (nSPS) is 8.18. The monoisotopic (exact) mass is 141 g/mol. The van der Waals surface area contributed by atoms with E-state index in [1.165, 1.54) is 7.41 Å². The Bertz CT molecular complexity index is 317. The second-order valence-electron chi connectivity index (χ2n) is 1.90. The minimum atomic E-state index is 0.590. The van der Waals surface area contributed by atoms with Crippen molar-refractivity contribution in [3.05, 3.63) is 30.1 Å². The first kappa shape index (κ1) is 7.30. The van der Waals surface area contributed by atoms with Crippen LogP contribution in [0.3, 0.4) is 0 Å². The van der Waals surface area contributed by atoms with Crippen LogP contribution < -0.4 is 4.48 Å². The van der Waals surface area contributed by atoms with Gasteiger partial charge in [0.2, 0.25) is 7.41 Å². The average molecular weight is 141 g/mol. The predicted molar refractivity (Wildman–Crippen MR) is 38.1 cm³/mol. The minimum absolute atomic E-state index is 0.590. The highest BCUT2D eigenvalue weighted by Crippen LogP contribution is 1.89. The van der Waals surface area contributed by atoms with Crippen LogP contribution in [0.2, 0.25) is 0 Å². The van der Waals surface area contributed by atoms with E-state index >= 15 is 0 Å². The van der Waals surface area contributed by atoms with Gasteiger partial charge in [0.15, 0.2) is 0 Å². The second-order valence-corrected chi connectivity index (χ2v) is 1.90. The predicted octanol–water partition coefficient (Wildman–Crippen LogP) is -0.206. The van der Waals surface area contributed by atoms with E-state index in [-0.39, 0.29) is 0 Å². The Hall–Kier alpha value is -1.81. The maximum absolute atomic E-state index is 8.42. The average Bonchev–Trinajstić information content (AvgIpc) is 2.07. The molecule has 0 unspecified atom stereocenters. The molecule has 0 N–H and O–H groups in total. The van der Waals surface area contributed by atoms with Crippen molar-refractivity contribution < 1.29 is 4.48 Å². The summed E-state index contributed by atoms with van der Waals surface area (Å²) in [4.78, 5) is 0. The molecule has 0 aliphatic heterocycles. The first-order valence-electron chi connectivity index (χ1n) is 3.00. The van der Waals surface area contributed by atoms with Gasteiger partial charge in [-0.25, -0.2) is 5.26 Å². The van der Waals surface area contributed by atoms with Gasteiger partial charge >= 0.3 is 0 Å². The number of hydrogen-bond donors (Lipinski definition) is 0. The van der Waals surface area contributed by atoms with Crippen LogP contribution in [0.25, 0.3) is 0 Å². The summed E-state index contributed by atoms with van der Waals surface area (Å²) in [6, 6.07) is 5.28. The Morgan fingerprint density at radius 2 is 1.91 bits per heavy atom. The smallest absolute Gasteiger partial charge is 0.213 e. The van der Waals surface area contributed by atoms with Gasteiger partial charge in [-0.3, -0.25) is 0 Å². The first-order valence-corrected chi connectivity index (χ1v) is 3.00. The van der Waals surface area contributed by atoms with Crippen molar-refractivity contribution >= 4 is 7.41 Å². The van der Waals surface area contributed by atoms with E-state index in [0.717, 1.165) is 0 Å². The van der Waals surface area contributed by atoms with Gasteiger partial charge < -0.3 is 4.48 Å². The zero-order chi connectivity index (χ0) is 8.10. The molecule has 2 radical (unpaired) electrons. The van der Waals surface area contributed by atoms with Crippen molar-refractivity contribution in [1.82, 2.24) is 0 Å². The fraction of sp³-hybridized carbons (Fsp3) is 0. The lowest BCUT2D eigenvalue weighted by molar-refractivity contribution is -0.527. The number of nitriles is 2. The Morgan fingerprint density at radius 3 is 2.36 bits per heavy atom. The molecular formula is C7H4BN3. The summed E-state index contributed by atoms with van der Waals surface area (Å²) >= 11 is 0. The third-order valence-electron chi connectivity index (χ3n) is 1.19. The fourth-order valence-electron chi connectivity index (χ4n) is 0.665. The Labute approximate surface area is 65.4 Å². The molecule has 1 rings (SSSR count). The number of aromatic nitrogens is 1. The molecular weight excluding hydrogens is 137 g/mol. The van der Waals surface area contributed by atoms with Crippen molar-refractivity contribution in [2.24, 2.45) is 0 Å². The summed E-state index contributed by atoms with van der Waals surface area (Å²) in [7, 11) is 1.35. The molecule has 3 nitrogen and oxygen atoms in total. The third kappa shape index (κ3) is 1.81. The van der Waals surface area contributed by atoms with Crippen LogP contribution in [0, 0.1) is 22.6 Å². The van der Waals surface area contributed by atoms with E-state index in [2.05, 4.69) is 0 Å². The Morgan fingerprint density at radius 1 is 1.27 bits per heavy atom. The highest BCUT2D eigenvalue weighted by molar-refractivity contribution is 6.34. The van der Waals surface area contributed by atoms with Gasteiger partial charge in [0.05, 0.1) is 11.6 Å². The molecule has 0 saturated carbocycles. The number of hydrogen-bond acceptors (Lipinski definition) is 2. The number of nitrogens with zero attached hydrogens (tertiary/aromatic N) is 3. The molecule has 0 aromatic carbocycles. The van der Waals surface area contributed by atoms with Gasteiger partial charge in [-0.1, -0.05) is 0 Å². The van der Waals surface area contributed by atoms with Crippen molar-refractivity contribution in [2.75, 3.05) is 0 Å². The molecule has 1 aromatic heterocycles. The summed E-state index contributed by atoms with van der Waals surface area (Å²) in [5.74, 6) is 1.88. The Balaban J connectivity index is 2.87. The molecule has 0 fully saturated rings. The molecule has 4 heteroatoms. The van der Waals surface area contributed by atoms with Gasteiger partial charge in [0.1, 0.15) is 12.4 Å². The fourth-order valence-corrected chi connectivity index (χ4v) is 0.665. The molecule has 1 aromatic rings. The number of pyridine rings is 1. The molecule has 0 aliphatic rings. The first-order chi connectivity index (χ1) is 5.36. The Kier molecular flexibility index (Phi) is 2.25. The highest BCUT2D eigenvalue weighted by atomic mass is 14.8. The summed E-state index contributed by atoms with van der Waals surface area (Å²) in [6.45, 7) is 0. The third-order valence-corrected chi connectivity index (χ3v) is 1.19. The van der Waals surface area contributed by atoms with Crippen LogP contribution in [0.15, 0.2) is 24.5 Å². The van der Waals surface area contributed by atoms with E-state index in [1.54, 1.807) is 29.0 Å². The zero-order valence-corrected chi connectivity index (χ0v) is 5.73. The summed E-state index contributed by atoms with van der Waals surface area (Å²) in [6.07, 6.45) is 3.31. The van der Waals surface area contributed by atoms with Crippen LogP contribution in [0.4, 0.5) is 0 Å². The van der Waals surface area contributed by atoms with Crippen LogP contribution in [0.5, 0.6) is 0 Å². The lowest BCUT2D eigenvalue weighted by atomic mass is 9.98. The van der Waals surface area contributed by atoms with Crippen molar-refractivity contribution in [3.8, 4) is 12.0 Å². The topological polar surface area (TPSA) is 51.5 Å². The molecule has 0 aliphatic carbocycles. The van der Waals surface area contributed by atoms with Crippen LogP contribution in [0.1, 0.15) is 5.56 Å². The zero-order valence-electron chi connectivity index (χ0n) is 5.73. The maximum Gasteiger partial charge on any atom is 0.213 e. The van der Waals surface area contributed by atoms with Gasteiger partial charge in [-0.2, -0.15) is 5.26 Å². The van der Waals surface area contributed by atoms with Gasteiger partial charge in [0.25, 0.3) is 0 Å². The quantitative estimate of drug-likeness (QED) is 0.508. The van der Waals surface area contributed by atoms with E-state index in [0.29, 0.717) is 5.56 Å². The van der Waals surface area contributed by atoms with E-state index in [1.807, 2.05) is 12.0 Å². The van der Waals surface area contributed by atoms with Gasteiger partial charge in [-0.05, 0) is 0 Å². The lowest BCUT2D eigenvalue weighted by Gasteiger charge is -1.98. The molecule has 0 amide bonds. The largest absolute Gasteiger partial charge is 0.461 e. The lowest BCUT2D eigenvalue weighted by Crippen LogP contribution is -2.38. The second kappa shape index (κ2) is 3.38. The molecule has 0 saturated heterocycles. The molecule has 0 spiro atoms. The highest BCUT2D eigenvalue weighted by Gasteiger charge is 1.89.